The molecule has 1 aromatic carbocycles. The van der Waals surface area contributed by atoms with Crippen molar-refractivity contribution in [3.05, 3.63) is 29.3 Å². The predicted octanol–water partition coefficient (Wildman–Crippen LogP) is 2.61. The first-order valence-electron chi connectivity index (χ1n) is 7.02. The van der Waals surface area contributed by atoms with Gasteiger partial charge in [0.2, 0.25) is 10.0 Å². The van der Waals surface area contributed by atoms with Crippen molar-refractivity contribution in [3.8, 4) is 0 Å². The van der Waals surface area contributed by atoms with Gasteiger partial charge in [-0.25, -0.2) is 17.5 Å². The Balaban J connectivity index is 3.14. The van der Waals surface area contributed by atoms with Crippen molar-refractivity contribution in [1.29, 1.82) is 0 Å². The zero-order chi connectivity index (χ0) is 16.2. The largest absolute Gasteiger partial charge is 0.478 e. The normalized spacial score (nSPS) is 12.1. The molecule has 0 bridgehead atoms. The van der Waals surface area contributed by atoms with Crippen LogP contribution in [0.3, 0.4) is 0 Å². The molecule has 0 radical (unpaired) electrons. The predicted molar refractivity (Wildman–Crippen MR) is 82.1 cm³/mol. The Morgan fingerprint density at radius 3 is 2.43 bits per heavy atom. The van der Waals surface area contributed by atoms with E-state index in [0.717, 1.165) is 6.42 Å². The lowest BCUT2D eigenvalue weighted by Gasteiger charge is -2.19. The second-order valence-electron chi connectivity index (χ2n) is 5.49. The van der Waals surface area contributed by atoms with Gasteiger partial charge in [0, 0.05) is 13.6 Å². The van der Waals surface area contributed by atoms with Crippen LogP contribution in [0, 0.1) is 5.92 Å². The summed E-state index contributed by atoms with van der Waals surface area (Å²) in [6.45, 7) is 6.31. The smallest absolute Gasteiger partial charge is 0.336 e. The Hall–Kier alpha value is -1.40. The van der Waals surface area contributed by atoms with Crippen LogP contribution in [0.2, 0.25) is 0 Å². The van der Waals surface area contributed by atoms with E-state index in [4.69, 9.17) is 0 Å². The Morgan fingerprint density at radius 2 is 1.95 bits per heavy atom. The molecule has 0 saturated heterocycles. The van der Waals surface area contributed by atoms with Gasteiger partial charge in [-0.2, -0.15) is 0 Å². The lowest BCUT2D eigenvalue weighted by molar-refractivity contribution is 0.0695. The molecule has 0 amide bonds. The Morgan fingerprint density at radius 1 is 1.33 bits per heavy atom. The van der Waals surface area contributed by atoms with Crippen LogP contribution in [0.15, 0.2) is 23.1 Å². The van der Waals surface area contributed by atoms with Crippen LogP contribution < -0.4 is 0 Å². The Bertz CT molecular complexity index is 608. The summed E-state index contributed by atoms with van der Waals surface area (Å²) in [4.78, 5) is 11.3. The summed E-state index contributed by atoms with van der Waals surface area (Å²) >= 11 is 0. The Labute approximate surface area is 126 Å². The van der Waals surface area contributed by atoms with Gasteiger partial charge in [0.25, 0.3) is 0 Å². The number of carboxylic acid groups (broad SMARTS) is 1. The summed E-state index contributed by atoms with van der Waals surface area (Å²) in [6, 6.07) is 4.31. The van der Waals surface area contributed by atoms with Crippen molar-refractivity contribution < 1.29 is 18.3 Å². The number of rotatable bonds is 7. The van der Waals surface area contributed by atoms with Crippen LogP contribution in [-0.4, -0.2) is 37.4 Å². The van der Waals surface area contributed by atoms with Crippen LogP contribution >= 0.6 is 0 Å². The van der Waals surface area contributed by atoms with Gasteiger partial charge >= 0.3 is 5.97 Å². The third kappa shape index (κ3) is 4.28. The lowest BCUT2D eigenvalue weighted by atomic mass is 10.1. The fourth-order valence-electron chi connectivity index (χ4n) is 1.96. The van der Waals surface area contributed by atoms with Crippen molar-refractivity contribution >= 4 is 16.0 Å². The first kappa shape index (κ1) is 17.7. The van der Waals surface area contributed by atoms with E-state index in [-0.39, 0.29) is 10.5 Å². The molecule has 21 heavy (non-hydrogen) atoms. The van der Waals surface area contributed by atoms with Gasteiger partial charge in [0.1, 0.15) is 0 Å². The average Bonchev–Trinajstić information content (AvgIpc) is 2.43. The molecule has 1 rings (SSSR count). The third-order valence-corrected chi connectivity index (χ3v) is 5.28. The van der Waals surface area contributed by atoms with Crippen molar-refractivity contribution in [1.82, 2.24) is 4.31 Å². The number of carbonyl (C=O) groups is 1. The quantitative estimate of drug-likeness (QED) is 0.839. The highest BCUT2D eigenvalue weighted by Gasteiger charge is 2.23. The van der Waals surface area contributed by atoms with Gasteiger partial charge in [-0.3, -0.25) is 0 Å². The molecule has 1 aromatic rings. The van der Waals surface area contributed by atoms with E-state index in [1.165, 1.54) is 23.5 Å². The maximum atomic E-state index is 12.5. The van der Waals surface area contributed by atoms with Crippen LogP contribution in [0.1, 0.15) is 43.1 Å². The van der Waals surface area contributed by atoms with Gasteiger partial charge < -0.3 is 5.11 Å². The molecule has 0 aliphatic rings. The first-order valence-corrected chi connectivity index (χ1v) is 8.46. The second kappa shape index (κ2) is 7.04. The first-order chi connectivity index (χ1) is 9.70. The topological polar surface area (TPSA) is 74.7 Å². The fraction of sp³-hybridized carbons (Fsp3) is 0.533. The molecule has 118 valence electrons. The van der Waals surface area contributed by atoms with E-state index in [1.54, 1.807) is 6.07 Å². The van der Waals surface area contributed by atoms with Gasteiger partial charge in [-0.1, -0.05) is 26.8 Å². The SMILES string of the molecule is CCc1ccc(S(=O)(=O)N(C)CCC(C)C)cc1C(=O)O. The maximum Gasteiger partial charge on any atom is 0.336 e. The summed E-state index contributed by atoms with van der Waals surface area (Å²) in [5.41, 5.74) is 0.683. The molecule has 0 fully saturated rings. The molecule has 5 nitrogen and oxygen atoms in total. The zero-order valence-electron chi connectivity index (χ0n) is 13.0. The molecule has 0 aliphatic carbocycles. The third-order valence-electron chi connectivity index (χ3n) is 3.42. The van der Waals surface area contributed by atoms with E-state index >= 15 is 0 Å². The number of carboxylic acids is 1. The number of aromatic carboxylic acids is 1. The van der Waals surface area contributed by atoms with Crippen LogP contribution in [0.4, 0.5) is 0 Å². The number of hydrogen-bond donors (Lipinski definition) is 1. The molecule has 0 unspecified atom stereocenters. The monoisotopic (exact) mass is 313 g/mol. The zero-order valence-corrected chi connectivity index (χ0v) is 13.8. The second-order valence-corrected chi connectivity index (χ2v) is 7.53. The van der Waals surface area contributed by atoms with E-state index in [9.17, 15) is 18.3 Å². The fourth-order valence-corrected chi connectivity index (χ4v) is 3.18. The summed E-state index contributed by atoms with van der Waals surface area (Å²) in [7, 11) is -2.13. The number of benzene rings is 1. The molecule has 0 heterocycles. The molecular weight excluding hydrogens is 290 g/mol. The van der Waals surface area contributed by atoms with Crippen LogP contribution in [0.5, 0.6) is 0 Å². The van der Waals surface area contributed by atoms with Gasteiger partial charge in [0.15, 0.2) is 0 Å². The summed E-state index contributed by atoms with van der Waals surface area (Å²) in [6.07, 6.45) is 1.31. The molecule has 6 heteroatoms. The molecule has 0 atom stereocenters. The molecular formula is C15H23NO4S. The van der Waals surface area contributed by atoms with Crippen LogP contribution in [0.25, 0.3) is 0 Å². The van der Waals surface area contributed by atoms with E-state index in [2.05, 4.69) is 0 Å². The standard InChI is InChI=1S/C15H23NO4S/c1-5-12-6-7-13(10-14(12)15(17)18)21(19,20)16(4)9-8-11(2)3/h6-7,10-11H,5,8-9H2,1-4H3,(H,17,18). The maximum absolute atomic E-state index is 12.5. The summed E-state index contributed by atoms with van der Waals surface area (Å²) in [5.74, 6) is -0.701. The Kier molecular flexibility index (Phi) is 5.92. The summed E-state index contributed by atoms with van der Waals surface area (Å²) in [5, 5.41) is 9.19. The van der Waals surface area contributed by atoms with Gasteiger partial charge in [-0.05, 0) is 36.5 Å². The highest BCUT2D eigenvalue weighted by Crippen LogP contribution is 2.20. The van der Waals surface area contributed by atoms with Crippen molar-refractivity contribution in [2.24, 2.45) is 5.92 Å². The van der Waals surface area contributed by atoms with Crippen molar-refractivity contribution in [3.63, 3.8) is 0 Å². The molecule has 0 spiro atoms. The average molecular weight is 313 g/mol. The molecule has 0 saturated carbocycles. The molecule has 0 aliphatic heterocycles. The number of sulfonamides is 1. The van der Waals surface area contributed by atoms with Crippen LogP contribution in [-0.2, 0) is 16.4 Å². The van der Waals surface area contributed by atoms with Gasteiger partial charge in [-0.15, -0.1) is 0 Å². The highest BCUT2D eigenvalue weighted by atomic mass is 32.2. The van der Waals surface area contributed by atoms with Crippen molar-refractivity contribution in [2.75, 3.05) is 13.6 Å². The van der Waals surface area contributed by atoms with E-state index in [0.29, 0.717) is 24.4 Å². The number of hydrogen-bond acceptors (Lipinski definition) is 3. The van der Waals surface area contributed by atoms with Crippen molar-refractivity contribution in [2.45, 2.75) is 38.5 Å². The minimum Gasteiger partial charge on any atom is -0.478 e. The number of nitrogens with zero attached hydrogens (tertiary/aromatic N) is 1. The molecule has 0 aromatic heterocycles. The highest BCUT2D eigenvalue weighted by molar-refractivity contribution is 7.89. The minimum atomic E-state index is -3.65. The van der Waals surface area contributed by atoms with Gasteiger partial charge in [0.05, 0.1) is 10.5 Å². The summed E-state index contributed by atoms with van der Waals surface area (Å²) < 4.78 is 26.2. The lowest BCUT2D eigenvalue weighted by Crippen LogP contribution is -2.29. The minimum absolute atomic E-state index is 0.0309. The molecule has 1 N–H and O–H groups in total. The van der Waals surface area contributed by atoms with E-state index in [1.807, 2.05) is 20.8 Å². The number of aryl methyl sites for hydroxylation is 1. The van der Waals surface area contributed by atoms with E-state index < -0.39 is 16.0 Å².